The molecular weight excluding hydrogens is 450 g/mol. The fourth-order valence-electron chi connectivity index (χ4n) is 4.32. The van der Waals surface area contributed by atoms with E-state index in [2.05, 4.69) is 44.0 Å². The van der Waals surface area contributed by atoms with Crippen molar-refractivity contribution in [3.05, 3.63) is 47.3 Å². The SMILES string of the molecule is CCOC(=O)CCC(C#N)=C1CCN(Cc2ccc3c(c2)N(COC)c2nccnc2S3)CC1. The highest BCUT2D eigenvalue weighted by molar-refractivity contribution is 7.99. The first kappa shape index (κ1) is 24.2. The van der Waals surface area contributed by atoms with Crippen LogP contribution in [0.15, 0.2) is 51.7 Å². The molecule has 34 heavy (non-hydrogen) atoms. The number of esters is 1. The number of hydrogen-bond acceptors (Lipinski definition) is 9. The van der Waals surface area contributed by atoms with Crippen LogP contribution in [0.3, 0.4) is 0 Å². The first-order valence-corrected chi connectivity index (χ1v) is 12.3. The maximum Gasteiger partial charge on any atom is 0.306 e. The molecule has 1 aromatic heterocycles. The van der Waals surface area contributed by atoms with Crippen LogP contribution >= 0.6 is 11.8 Å². The highest BCUT2D eigenvalue weighted by Crippen LogP contribution is 2.46. The Bertz CT molecular complexity index is 1100. The minimum absolute atomic E-state index is 0.241. The van der Waals surface area contributed by atoms with Gasteiger partial charge in [0.05, 0.1) is 24.8 Å². The largest absolute Gasteiger partial charge is 0.466 e. The summed E-state index contributed by atoms with van der Waals surface area (Å²) in [5.41, 5.74) is 4.23. The number of fused-ring (bicyclic) bond motifs is 2. The molecule has 0 unspecified atom stereocenters. The summed E-state index contributed by atoms with van der Waals surface area (Å²) in [5.74, 6) is 0.577. The van der Waals surface area contributed by atoms with Gasteiger partial charge in [0.1, 0.15) is 11.8 Å². The van der Waals surface area contributed by atoms with Crippen LogP contribution in [0.5, 0.6) is 0 Å². The second-order valence-corrected chi connectivity index (χ2v) is 9.24. The van der Waals surface area contributed by atoms with Crippen molar-refractivity contribution in [3.8, 4) is 6.07 Å². The molecule has 0 bridgehead atoms. The highest BCUT2D eigenvalue weighted by atomic mass is 32.2. The summed E-state index contributed by atoms with van der Waals surface area (Å²) in [4.78, 5) is 26.3. The van der Waals surface area contributed by atoms with Gasteiger partial charge in [0.25, 0.3) is 0 Å². The number of anilines is 2. The van der Waals surface area contributed by atoms with Gasteiger partial charge in [0.15, 0.2) is 5.82 Å². The van der Waals surface area contributed by atoms with Gasteiger partial charge in [-0.2, -0.15) is 5.26 Å². The van der Waals surface area contributed by atoms with E-state index in [4.69, 9.17) is 9.47 Å². The Morgan fingerprint density at radius 2 is 2.00 bits per heavy atom. The molecule has 0 amide bonds. The molecule has 9 heteroatoms. The second kappa shape index (κ2) is 11.5. The van der Waals surface area contributed by atoms with E-state index in [-0.39, 0.29) is 12.4 Å². The van der Waals surface area contributed by atoms with E-state index in [0.717, 1.165) is 59.5 Å². The van der Waals surface area contributed by atoms with Crippen LogP contribution in [0.1, 0.15) is 38.2 Å². The van der Waals surface area contributed by atoms with E-state index in [0.29, 0.717) is 19.8 Å². The van der Waals surface area contributed by atoms with Crippen LogP contribution in [0.4, 0.5) is 11.5 Å². The molecule has 1 saturated heterocycles. The number of hydrogen-bond donors (Lipinski definition) is 0. The van der Waals surface area contributed by atoms with Crippen molar-refractivity contribution in [1.82, 2.24) is 14.9 Å². The van der Waals surface area contributed by atoms with E-state index in [1.54, 1.807) is 38.2 Å². The molecule has 2 aliphatic heterocycles. The first-order valence-electron chi connectivity index (χ1n) is 11.5. The summed E-state index contributed by atoms with van der Waals surface area (Å²) in [7, 11) is 1.68. The molecule has 0 aliphatic carbocycles. The van der Waals surface area contributed by atoms with Crippen LogP contribution < -0.4 is 4.90 Å². The Kier molecular flexibility index (Phi) is 8.16. The van der Waals surface area contributed by atoms with Gasteiger partial charge in [-0.25, -0.2) is 9.97 Å². The summed E-state index contributed by atoms with van der Waals surface area (Å²) in [5, 5.41) is 10.5. The number of rotatable bonds is 8. The zero-order valence-electron chi connectivity index (χ0n) is 19.6. The summed E-state index contributed by atoms with van der Waals surface area (Å²) < 4.78 is 10.4. The number of piperidine rings is 1. The van der Waals surface area contributed by atoms with Gasteiger partial charge in [0.2, 0.25) is 0 Å². The third-order valence-corrected chi connectivity index (χ3v) is 7.04. The zero-order valence-corrected chi connectivity index (χ0v) is 20.4. The summed E-state index contributed by atoms with van der Waals surface area (Å²) >= 11 is 1.63. The Balaban J connectivity index is 1.41. The van der Waals surface area contributed by atoms with Crippen molar-refractivity contribution in [1.29, 1.82) is 5.26 Å². The van der Waals surface area contributed by atoms with Crippen molar-refractivity contribution in [2.24, 2.45) is 0 Å². The van der Waals surface area contributed by atoms with E-state index in [1.165, 1.54) is 11.1 Å². The maximum absolute atomic E-state index is 11.7. The van der Waals surface area contributed by atoms with Gasteiger partial charge in [-0.15, -0.1) is 0 Å². The summed E-state index contributed by atoms with van der Waals surface area (Å²) in [6, 6.07) is 8.85. The van der Waals surface area contributed by atoms with Gasteiger partial charge < -0.3 is 9.47 Å². The van der Waals surface area contributed by atoms with Gasteiger partial charge in [0, 0.05) is 49.6 Å². The number of methoxy groups -OCH3 is 1. The molecule has 3 heterocycles. The summed E-state index contributed by atoms with van der Waals surface area (Å²) in [6.45, 7) is 5.19. The van der Waals surface area contributed by atoms with Crippen molar-refractivity contribution in [3.63, 3.8) is 0 Å². The molecule has 2 aliphatic rings. The Labute approximate surface area is 204 Å². The molecule has 0 N–H and O–H groups in total. The number of carbonyl (C=O) groups excluding carboxylic acids is 1. The Hall–Kier alpha value is -2.93. The monoisotopic (exact) mass is 479 g/mol. The number of aromatic nitrogens is 2. The van der Waals surface area contributed by atoms with Gasteiger partial charge >= 0.3 is 5.97 Å². The van der Waals surface area contributed by atoms with Crippen molar-refractivity contribution >= 4 is 29.2 Å². The molecule has 0 radical (unpaired) electrons. The van der Waals surface area contributed by atoms with Crippen LogP contribution in [0.25, 0.3) is 0 Å². The molecule has 1 fully saturated rings. The number of nitrogens with zero attached hydrogens (tertiary/aromatic N) is 5. The Morgan fingerprint density at radius 3 is 2.74 bits per heavy atom. The lowest BCUT2D eigenvalue weighted by molar-refractivity contribution is -0.143. The number of allylic oxidation sites excluding steroid dienone is 1. The van der Waals surface area contributed by atoms with Gasteiger partial charge in [-0.1, -0.05) is 23.4 Å². The molecule has 4 rings (SSSR count). The quantitative estimate of drug-likeness (QED) is 0.402. The minimum Gasteiger partial charge on any atom is -0.466 e. The molecule has 0 spiro atoms. The zero-order chi connectivity index (χ0) is 23.9. The molecule has 178 valence electrons. The van der Waals surface area contributed by atoms with Crippen molar-refractivity contribution in [2.75, 3.05) is 38.4 Å². The molecule has 0 atom stereocenters. The number of ether oxygens (including phenoxy) is 2. The maximum atomic E-state index is 11.7. The molecule has 8 nitrogen and oxygen atoms in total. The van der Waals surface area contributed by atoms with E-state index in [1.807, 2.05) is 0 Å². The highest BCUT2D eigenvalue weighted by Gasteiger charge is 2.26. The van der Waals surface area contributed by atoms with Crippen LogP contribution in [-0.2, 0) is 20.8 Å². The van der Waals surface area contributed by atoms with Gasteiger partial charge in [-0.3, -0.25) is 14.6 Å². The lowest BCUT2D eigenvalue weighted by Gasteiger charge is -2.32. The number of benzene rings is 1. The number of nitriles is 1. The van der Waals surface area contributed by atoms with E-state index < -0.39 is 0 Å². The Morgan fingerprint density at radius 1 is 1.21 bits per heavy atom. The van der Waals surface area contributed by atoms with Crippen LogP contribution in [0, 0.1) is 11.3 Å². The molecular formula is C25H29N5O3S. The summed E-state index contributed by atoms with van der Waals surface area (Å²) in [6.07, 6.45) is 5.85. The average Bonchev–Trinajstić information content (AvgIpc) is 2.86. The topological polar surface area (TPSA) is 91.6 Å². The third kappa shape index (κ3) is 5.58. The number of carbonyl (C=O) groups is 1. The molecule has 0 saturated carbocycles. The first-order chi connectivity index (χ1) is 16.6. The average molecular weight is 480 g/mol. The molecule has 1 aromatic carbocycles. The predicted molar refractivity (Wildman–Crippen MR) is 130 cm³/mol. The lowest BCUT2D eigenvalue weighted by atomic mass is 9.95. The third-order valence-electron chi connectivity index (χ3n) is 5.99. The fraction of sp³-hybridized carbons (Fsp3) is 0.440. The fourth-order valence-corrected chi connectivity index (χ4v) is 5.31. The van der Waals surface area contributed by atoms with Crippen molar-refractivity contribution < 1.29 is 14.3 Å². The minimum atomic E-state index is -0.241. The second-order valence-electron chi connectivity index (χ2n) is 8.21. The predicted octanol–water partition coefficient (Wildman–Crippen LogP) is 4.44. The molecule has 2 aromatic rings. The van der Waals surface area contributed by atoms with E-state index >= 15 is 0 Å². The van der Waals surface area contributed by atoms with Gasteiger partial charge in [-0.05, 0) is 43.9 Å². The van der Waals surface area contributed by atoms with Crippen molar-refractivity contribution in [2.45, 2.75) is 49.1 Å². The van der Waals surface area contributed by atoms with E-state index in [9.17, 15) is 10.1 Å². The lowest BCUT2D eigenvalue weighted by Crippen LogP contribution is -2.31. The standard InChI is InChI=1S/C25H29N5O3S/c1-3-33-23(31)7-5-20(15-26)19-8-12-29(13-9-19)16-18-4-6-22-21(14-18)30(17-32-2)24-25(34-22)28-11-10-27-24/h4,6,10-11,14H,3,5,7-9,12-13,16-17H2,1-2H3. The number of likely N-dealkylation sites (tertiary alicyclic amines) is 1. The normalized spacial score (nSPS) is 15.3. The van der Waals surface area contributed by atoms with Crippen LogP contribution in [0.2, 0.25) is 0 Å². The smallest absolute Gasteiger partial charge is 0.306 e. The van der Waals surface area contributed by atoms with Crippen LogP contribution in [-0.4, -0.2) is 54.4 Å².